The van der Waals surface area contributed by atoms with Gasteiger partial charge in [-0.3, -0.25) is 0 Å². The molecule has 8 aromatic rings. The minimum Gasteiger partial charge on any atom is -0.436 e. The Morgan fingerprint density at radius 1 is 0.621 bits per heavy atom. The summed E-state index contributed by atoms with van der Waals surface area (Å²) in [5.74, 6) is 1.76. The minimum absolute atomic E-state index is 0.0952. The minimum atomic E-state index is 0.0952. The molecule has 0 bridgehead atoms. The third-order valence-electron chi connectivity index (χ3n) is 11.7. The Bertz CT molecular complexity index is 2920. The highest BCUT2D eigenvalue weighted by Crippen LogP contribution is 2.39. The van der Waals surface area contributed by atoms with Crippen molar-refractivity contribution in [2.24, 2.45) is 14.1 Å². The number of furan rings is 2. The van der Waals surface area contributed by atoms with E-state index < -0.39 is 0 Å². The molecule has 0 fully saturated rings. The van der Waals surface area contributed by atoms with Crippen LogP contribution in [0.1, 0.15) is 36.4 Å². The third-order valence-corrected chi connectivity index (χ3v) is 11.7. The van der Waals surface area contributed by atoms with Crippen LogP contribution in [0.3, 0.4) is 0 Å². The van der Waals surface area contributed by atoms with Gasteiger partial charge in [-0.05, 0) is 94.4 Å². The number of pyridine rings is 4. The maximum absolute atomic E-state index is 6.20. The standard InChI is InChI=1S/2C24H23BN3O/c1-16-13-22(27(3)15-20(16)18-9-6-5-7-10-18)25-17(2)14-21-23(28(25)4)19-11-8-12-26-24(19)29-21;1-16-14-21-20-11-10-17(2)26-23(20)29-24(21)28(4)25(16)22-15-19(12-13-27(22)3)18-8-6-5-7-9-18/h2*5-15H,1-4H3/q2*+1. The van der Waals surface area contributed by atoms with Gasteiger partial charge in [-0.2, -0.15) is 0 Å². The normalized spacial score (nSPS) is 13.6. The number of hydrogen-bond acceptors (Lipinski definition) is 6. The smallest absolute Gasteiger partial charge is 0.401 e. The van der Waals surface area contributed by atoms with E-state index >= 15 is 0 Å². The van der Waals surface area contributed by atoms with Crippen LogP contribution in [0.25, 0.3) is 56.6 Å². The van der Waals surface area contributed by atoms with Crippen molar-refractivity contribution in [2.45, 2.75) is 27.7 Å². The second-order valence-corrected chi connectivity index (χ2v) is 15.7. The summed E-state index contributed by atoms with van der Waals surface area (Å²) in [5.41, 5.74) is 15.8. The first-order valence-corrected chi connectivity index (χ1v) is 19.8. The van der Waals surface area contributed by atoms with Crippen LogP contribution in [0.15, 0.2) is 141 Å². The fourth-order valence-electron chi connectivity index (χ4n) is 8.82. The summed E-state index contributed by atoms with van der Waals surface area (Å²) in [6.45, 7) is 8.78. The van der Waals surface area contributed by atoms with E-state index in [2.05, 4.69) is 187 Å². The lowest BCUT2D eigenvalue weighted by molar-refractivity contribution is -0.654. The molecular weight excluding hydrogens is 714 g/mol. The van der Waals surface area contributed by atoms with Crippen molar-refractivity contribution in [3.63, 3.8) is 0 Å². The molecule has 10 heteroatoms. The average molecular weight is 761 g/mol. The number of rotatable bonds is 4. The molecule has 0 amide bonds. The molecule has 6 aromatic heterocycles. The van der Waals surface area contributed by atoms with Gasteiger partial charge in [-0.25, -0.2) is 19.1 Å². The van der Waals surface area contributed by atoms with Crippen molar-refractivity contribution in [3.05, 3.63) is 155 Å². The van der Waals surface area contributed by atoms with Gasteiger partial charge in [0.15, 0.2) is 35.2 Å². The molecule has 2 aromatic carbocycles. The lowest BCUT2D eigenvalue weighted by atomic mass is 9.49. The van der Waals surface area contributed by atoms with E-state index in [0.717, 1.165) is 39.4 Å². The Hall–Kier alpha value is -6.67. The lowest BCUT2D eigenvalue weighted by Crippen LogP contribution is -2.62. The number of hydrogen-bond donors (Lipinski definition) is 0. The zero-order chi connectivity index (χ0) is 40.2. The summed E-state index contributed by atoms with van der Waals surface area (Å²) in [7, 11) is 8.48. The summed E-state index contributed by atoms with van der Waals surface area (Å²) < 4.78 is 16.7. The van der Waals surface area contributed by atoms with E-state index in [-0.39, 0.29) is 13.7 Å². The number of fused-ring (bicyclic) bond motifs is 6. The summed E-state index contributed by atoms with van der Waals surface area (Å²) in [6, 6.07) is 36.0. The maximum atomic E-state index is 6.20. The van der Waals surface area contributed by atoms with E-state index in [9.17, 15) is 0 Å². The zero-order valence-corrected chi connectivity index (χ0v) is 34.4. The second-order valence-electron chi connectivity index (χ2n) is 15.7. The van der Waals surface area contributed by atoms with Gasteiger partial charge in [-0.15, -0.1) is 0 Å². The summed E-state index contributed by atoms with van der Waals surface area (Å²) in [5, 5.41) is 2.12. The average Bonchev–Trinajstić information content (AvgIpc) is 3.78. The van der Waals surface area contributed by atoms with E-state index in [4.69, 9.17) is 8.83 Å². The Morgan fingerprint density at radius 2 is 1.31 bits per heavy atom. The number of nitrogens with zero attached hydrogens (tertiary/aromatic N) is 6. The Labute approximate surface area is 340 Å². The largest absolute Gasteiger partial charge is 0.436 e. The van der Waals surface area contributed by atoms with Crippen LogP contribution in [0.2, 0.25) is 0 Å². The highest BCUT2D eigenvalue weighted by Gasteiger charge is 2.40. The van der Waals surface area contributed by atoms with E-state index in [1.165, 1.54) is 49.9 Å². The fourth-order valence-corrected chi connectivity index (χ4v) is 8.82. The molecule has 8 heterocycles. The van der Waals surface area contributed by atoms with Crippen LogP contribution in [0.5, 0.6) is 0 Å². The van der Waals surface area contributed by atoms with Gasteiger partial charge in [0.05, 0.1) is 11.1 Å². The summed E-state index contributed by atoms with van der Waals surface area (Å²) in [4.78, 5) is 13.5. The molecule has 0 saturated carbocycles. The monoisotopic (exact) mass is 760 g/mol. The van der Waals surface area contributed by atoms with Gasteiger partial charge < -0.3 is 18.5 Å². The summed E-state index contributed by atoms with van der Waals surface area (Å²) >= 11 is 0. The molecule has 0 spiro atoms. The maximum Gasteiger partial charge on any atom is 0.401 e. The fraction of sp³-hybridized carbons (Fsp3) is 0.167. The number of benzene rings is 2. The lowest BCUT2D eigenvalue weighted by Gasteiger charge is -2.29. The first-order chi connectivity index (χ1) is 28.1. The first kappa shape index (κ1) is 36.9. The Kier molecular flexibility index (Phi) is 9.35. The second kappa shape index (κ2) is 14.7. The van der Waals surface area contributed by atoms with Crippen molar-refractivity contribution in [2.75, 3.05) is 23.7 Å². The van der Waals surface area contributed by atoms with Crippen LogP contribution >= 0.6 is 0 Å². The molecule has 2 aliphatic rings. The van der Waals surface area contributed by atoms with Gasteiger partial charge in [0.2, 0.25) is 11.4 Å². The third kappa shape index (κ3) is 6.39. The molecule has 2 aliphatic heterocycles. The summed E-state index contributed by atoms with van der Waals surface area (Å²) in [6.07, 6.45) is 10.6. The van der Waals surface area contributed by atoms with Gasteiger partial charge in [-0.1, -0.05) is 77.7 Å². The molecule has 0 saturated heterocycles. The van der Waals surface area contributed by atoms with Gasteiger partial charge in [0.25, 0.3) is 0 Å². The van der Waals surface area contributed by atoms with Crippen LogP contribution in [-0.2, 0) is 14.1 Å². The zero-order valence-electron chi connectivity index (χ0n) is 34.4. The molecule has 0 atom stereocenters. The van der Waals surface area contributed by atoms with Crippen molar-refractivity contribution in [1.29, 1.82) is 0 Å². The number of aromatic nitrogens is 4. The molecular formula is C48H46B2N6O2+2. The molecule has 10 rings (SSSR count). The van der Waals surface area contributed by atoms with Crippen molar-refractivity contribution in [3.8, 4) is 22.3 Å². The number of anilines is 2. The Balaban J connectivity index is 0.000000150. The molecule has 0 unspecified atom stereocenters. The van der Waals surface area contributed by atoms with E-state index in [0.29, 0.717) is 11.4 Å². The van der Waals surface area contributed by atoms with E-state index in [1.807, 2.05) is 25.1 Å². The SMILES string of the molecule is CC1=Cc2c(oc3nc(C)ccc23)N(C)B1c1cc(-c2ccccc2)cc[n+]1C.CC1=Cc2oc3ncccc3c2N(C)B1c1cc(C)c(-c2ccccc2)c[n+]1C. The molecule has 8 nitrogen and oxygen atoms in total. The Morgan fingerprint density at radius 3 is 2.07 bits per heavy atom. The van der Waals surface area contributed by atoms with Gasteiger partial charge in [0, 0.05) is 46.6 Å². The molecule has 0 N–H and O–H groups in total. The van der Waals surface area contributed by atoms with Crippen LogP contribution in [0, 0.1) is 13.8 Å². The van der Waals surface area contributed by atoms with Crippen molar-refractivity contribution in [1.82, 2.24) is 9.97 Å². The predicted molar refractivity (Wildman–Crippen MR) is 238 cm³/mol. The van der Waals surface area contributed by atoms with Gasteiger partial charge >= 0.3 is 13.7 Å². The predicted octanol–water partition coefficient (Wildman–Crippen LogP) is 7.84. The van der Waals surface area contributed by atoms with E-state index in [1.54, 1.807) is 6.20 Å². The number of allylic oxidation sites excluding steroid dienone is 2. The molecule has 0 aliphatic carbocycles. The van der Waals surface area contributed by atoms with Crippen LogP contribution in [-0.4, -0.2) is 37.8 Å². The highest BCUT2D eigenvalue weighted by atomic mass is 16.4. The van der Waals surface area contributed by atoms with Crippen LogP contribution < -0.4 is 29.9 Å². The van der Waals surface area contributed by atoms with Crippen LogP contribution in [0.4, 0.5) is 11.6 Å². The first-order valence-electron chi connectivity index (χ1n) is 19.8. The van der Waals surface area contributed by atoms with Crippen molar-refractivity contribution < 1.29 is 18.0 Å². The number of aryl methyl sites for hydroxylation is 4. The quantitative estimate of drug-likeness (QED) is 0.135. The van der Waals surface area contributed by atoms with Gasteiger partial charge in [0.1, 0.15) is 14.1 Å². The molecule has 284 valence electrons. The van der Waals surface area contributed by atoms with Crippen molar-refractivity contribution >= 4 is 70.8 Å². The molecule has 0 radical (unpaired) electrons. The topological polar surface area (TPSA) is 66.3 Å². The highest BCUT2D eigenvalue weighted by molar-refractivity contribution is 6.83. The molecule has 58 heavy (non-hydrogen) atoms.